The molecule has 12 nitrogen and oxygen atoms in total. The third-order valence-corrected chi connectivity index (χ3v) is 29.7. The number of hydrogen-bond donors (Lipinski definition) is 0. The van der Waals surface area contributed by atoms with Crippen LogP contribution in [-0.2, 0) is 0 Å². The van der Waals surface area contributed by atoms with E-state index in [2.05, 4.69) is 429 Å². The van der Waals surface area contributed by atoms with Crippen LogP contribution in [0.5, 0.6) is 0 Å². The highest BCUT2D eigenvalue weighted by Crippen LogP contribution is 2.49. The van der Waals surface area contributed by atoms with Gasteiger partial charge in [-0.1, -0.05) is 297 Å². The topological polar surface area (TPSA) is 115 Å². The highest BCUT2D eigenvalue weighted by atomic mass is 32.1. The maximum absolute atomic E-state index is 6.55. The summed E-state index contributed by atoms with van der Waals surface area (Å²) in [5.41, 5.74) is 23.1. The minimum atomic E-state index is 0.620. The van der Waals surface area contributed by atoms with Gasteiger partial charge < -0.3 is 13.6 Å². The second-order valence-electron chi connectivity index (χ2n) is 34.7. The van der Waals surface area contributed by atoms with Gasteiger partial charge in [-0.05, 0) is 155 Å². The van der Waals surface area contributed by atoms with E-state index in [-0.39, 0.29) is 0 Å². The number of para-hydroxylation sites is 8. The van der Waals surface area contributed by atoms with E-state index in [1.54, 1.807) is 0 Å². The largest absolute Gasteiger partial charge is 0.455 e. The van der Waals surface area contributed by atoms with Crippen LogP contribution in [-0.4, -0.2) is 52.7 Å². The fraction of sp³-hybridized carbons (Fsp3) is 0. The molecule has 0 fully saturated rings. The van der Waals surface area contributed by atoms with Crippen molar-refractivity contribution in [3.8, 4) is 74.2 Å². The maximum Gasteiger partial charge on any atom is 0.235 e. The number of furan rings is 1. The number of fused-ring (bicyclic) bond motifs is 29. The average molecular weight is 1770 g/mol. The predicted molar refractivity (Wildman–Crippen MR) is 568 cm³/mol. The fourth-order valence-electron chi connectivity index (χ4n) is 21.3. The van der Waals surface area contributed by atoms with Crippen LogP contribution in [0.3, 0.4) is 0 Å². The first kappa shape index (κ1) is 77.0. The van der Waals surface area contributed by atoms with Gasteiger partial charge in [0.05, 0.1) is 83.3 Å². The van der Waals surface area contributed by atoms with E-state index in [9.17, 15) is 0 Å². The van der Waals surface area contributed by atoms with Crippen LogP contribution in [0.15, 0.2) is 448 Å². The van der Waals surface area contributed by atoms with Crippen molar-refractivity contribution in [1.29, 1.82) is 0 Å². The van der Waals surface area contributed by atoms with E-state index in [0.717, 1.165) is 133 Å². The van der Waals surface area contributed by atoms with E-state index in [4.69, 9.17) is 34.3 Å². The molecule has 0 aliphatic carbocycles. The van der Waals surface area contributed by atoms with Gasteiger partial charge in [-0.3, -0.25) is 13.7 Å². The Balaban J connectivity index is 0.000000101. The van der Waals surface area contributed by atoms with Crippen molar-refractivity contribution in [2.45, 2.75) is 0 Å². The Morgan fingerprint density at radius 1 is 0.206 bits per heavy atom. The van der Waals surface area contributed by atoms with Gasteiger partial charge in [-0.15, -0.1) is 22.7 Å². The number of thiophene rings is 2. The lowest BCUT2D eigenvalue weighted by Gasteiger charge is -2.14. The smallest absolute Gasteiger partial charge is 0.235 e. The zero-order valence-corrected chi connectivity index (χ0v) is 74.4. The molecule has 30 rings (SSSR count). The van der Waals surface area contributed by atoms with Crippen molar-refractivity contribution < 1.29 is 4.42 Å². The van der Waals surface area contributed by atoms with E-state index in [1.807, 2.05) is 59.3 Å². The molecular weight excluding hydrogens is 1700 g/mol. The average Bonchev–Trinajstić information content (AvgIpc) is 1.54. The number of benzene rings is 19. The molecule has 11 heterocycles. The van der Waals surface area contributed by atoms with Crippen molar-refractivity contribution in [2.24, 2.45) is 0 Å². The normalized spacial score (nSPS) is 12.0. The van der Waals surface area contributed by atoms with Gasteiger partial charge in [0.1, 0.15) is 11.2 Å². The quantitative estimate of drug-likeness (QED) is 0.141. The Labute approximate surface area is 784 Å². The minimum absolute atomic E-state index is 0.620. The van der Waals surface area contributed by atoms with Gasteiger partial charge in [0, 0.05) is 146 Å². The first-order chi connectivity index (χ1) is 67.5. The van der Waals surface area contributed by atoms with Crippen LogP contribution in [0.25, 0.3) is 267 Å². The second kappa shape index (κ2) is 30.9. The van der Waals surface area contributed by atoms with E-state index in [1.165, 1.54) is 116 Å². The molecule has 634 valence electrons. The van der Waals surface area contributed by atoms with E-state index < -0.39 is 0 Å². The summed E-state index contributed by atoms with van der Waals surface area (Å²) in [5.74, 6) is 1.96. The van der Waals surface area contributed by atoms with Gasteiger partial charge in [0.2, 0.25) is 17.8 Å². The first-order valence-corrected chi connectivity index (χ1v) is 47.3. The fourth-order valence-corrected chi connectivity index (χ4v) is 23.8. The maximum atomic E-state index is 6.55. The Bertz CT molecular complexity index is 10000. The predicted octanol–water partition coefficient (Wildman–Crippen LogP) is 32.5. The number of rotatable bonds is 9. The summed E-state index contributed by atoms with van der Waals surface area (Å²) in [6.45, 7) is 0. The summed E-state index contributed by atoms with van der Waals surface area (Å²) in [7, 11) is 0. The summed E-state index contributed by atoms with van der Waals surface area (Å²) < 4.78 is 23.1. The van der Waals surface area contributed by atoms with Crippen LogP contribution < -0.4 is 0 Å². The van der Waals surface area contributed by atoms with Crippen LogP contribution in [0.1, 0.15) is 0 Å². The molecule has 0 unspecified atom stereocenters. The minimum Gasteiger partial charge on any atom is -0.455 e. The molecular formula is C122H73N11OS2. The molecule has 14 heteroatoms. The lowest BCUT2D eigenvalue weighted by atomic mass is 9.99. The SMILES string of the molecule is c1ccc(-n2c3ccccc3c3cc(-c4ccnc(-n5c6ccccc6c6c7sc8ccccc8c7ccc65)n4)ccc32)cc1.c1ccc2c(-c3cc(-c4cccc5ccccc45)nc(-n4c5ccccc5c5c6oc7ccccc7c6ccc54)n3)cccc2c1.c1ccc2c(c1)sc1c2ccc2c1c1ccccc1n2-c1nccc(-c2ccc(-n3c4ccccc4c4ccccc43)cc2)n1. The molecule has 0 saturated carbocycles. The van der Waals surface area contributed by atoms with Crippen molar-refractivity contribution in [2.75, 3.05) is 0 Å². The Morgan fingerprint density at radius 3 is 1.09 bits per heavy atom. The van der Waals surface area contributed by atoms with Crippen LogP contribution in [0.4, 0.5) is 0 Å². The molecule has 136 heavy (non-hydrogen) atoms. The Morgan fingerprint density at radius 2 is 0.566 bits per heavy atom. The summed E-state index contributed by atoms with van der Waals surface area (Å²) >= 11 is 3.72. The Kier molecular flexibility index (Phi) is 17.5. The lowest BCUT2D eigenvalue weighted by Crippen LogP contribution is -2.04. The van der Waals surface area contributed by atoms with Crippen LogP contribution in [0.2, 0.25) is 0 Å². The van der Waals surface area contributed by atoms with E-state index >= 15 is 0 Å². The molecule has 19 aromatic carbocycles. The zero-order valence-electron chi connectivity index (χ0n) is 72.8. The number of aromatic nitrogens is 11. The van der Waals surface area contributed by atoms with E-state index in [0.29, 0.717) is 17.8 Å². The summed E-state index contributed by atoms with van der Waals surface area (Å²) in [6, 6.07) is 152. The van der Waals surface area contributed by atoms with Crippen LogP contribution in [0, 0.1) is 0 Å². The summed E-state index contributed by atoms with van der Waals surface area (Å²) in [5, 5.41) is 24.2. The highest BCUT2D eigenvalue weighted by molar-refractivity contribution is 7.27. The monoisotopic (exact) mass is 1770 g/mol. The van der Waals surface area contributed by atoms with Gasteiger partial charge in [0.15, 0.2) is 0 Å². The molecule has 0 bridgehead atoms. The molecule has 30 aromatic rings. The molecule has 0 N–H and O–H groups in total. The lowest BCUT2D eigenvalue weighted by molar-refractivity contribution is 0.673. The first-order valence-electron chi connectivity index (χ1n) is 45.7. The second-order valence-corrected chi connectivity index (χ2v) is 36.8. The molecule has 0 amide bonds. The van der Waals surface area contributed by atoms with Crippen molar-refractivity contribution >= 4 is 216 Å². The third kappa shape index (κ3) is 12.1. The molecule has 0 atom stereocenters. The number of nitrogens with zero attached hydrogens (tertiary/aromatic N) is 11. The molecule has 0 aliphatic rings. The third-order valence-electron chi connectivity index (χ3n) is 27.3. The van der Waals surface area contributed by atoms with Gasteiger partial charge in [-0.2, -0.15) is 0 Å². The number of hydrogen-bond acceptors (Lipinski definition) is 9. The standard InChI is InChI=1S/C42H25N3O.2C40H24N4S/c1-3-15-28-26(11-1)13-9-19-30(28)35-25-36(31-20-10-14-27-12-2-4-16-29(27)31)44-42(43-35)45-37-21-7-5-18-34(37)40-38(45)24-23-33-32-17-6-8-22-39(32)46-41(33)40;1-5-13-33-27(9-1)28-10-2-6-14-34(28)43(33)26-19-17-25(18-20-26)32-23-24-41-40(42-32)44-35-15-7-3-12-31(35)38-36(44)22-21-30-29-11-4-8-16-37(29)45-39(30)38;1-2-10-26(11-3-1)43-33-15-7-4-12-27(33)31-24-25(18-20-35(31)43)32-22-23-41-40(42-32)44-34-16-8-5-14-30(34)38-36(44)21-19-29-28-13-6-9-17-37(28)45-39(29)38/h1-25H;2*1-24H. The molecule has 0 aliphatic heterocycles. The molecule has 0 spiro atoms. The van der Waals surface area contributed by atoms with Gasteiger partial charge in [0.25, 0.3) is 0 Å². The molecule has 0 radical (unpaired) electrons. The van der Waals surface area contributed by atoms with Crippen molar-refractivity contribution in [1.82, 2.24) is 52.7 Å². The van der Waals surface area contributed by atoms with Crippen molar-refractivity contribution in [3.63, 3.8) is 0 Å². The summed E-state index contributed by atoms with van der Waals surface area (Å²) in [4.78, 5) is 30.7. The van der Waals surface area contributed by atoms with Crippen LogP contribution >= 0.6 is 22.7 Å². The van der Waals surface area contributed by atoms with Crippen molar-refractivity contribution in [3.05, 3.63) is 443 Å². The molecule has 11 aromatic heterocycles. The van der Waals surface area contributed by atoms with Gasteiger partial charge in [-0.25, -0.2) is 29.9 Å². The molecule has 0 saturated heterocycles. The Hall–Kier alpha value is -17.8. The van der Waals surface area contributed by atoms with Gasteiger partial charge >= 0.3 is 0 Å². The zero-order chi connectivity index (χ0) is 89.2. The highest BCUT2D eigenvalue weighted by Gasteiger charge is 2.27. The summed E-state index contributed by atoms with van der Waals surface area (Å²) in [6.07, 6.45) is 3.75.